The van der Waals surface area contributed by atoms with Crippen molar-refractivity contribution in [1.29, 1.82) is 0 Å². The van der Waals surface area contributed by atoms with E-state index < -0.39 is 0 Å². The van der Waals surface area contributed by atoms with Gasteiger partial charge in [0.05, 0.1) is 5.56 Å². The smallest absolute Gasteiger partial charge is 0.255 e. The predicted molar refractivity (Wildman–Crippen MR) is 87.2 cm³/mol. The first-order valence-corrected chi connectivity index (χ1v) is 7.45. The van der Waals surface area contributed by atoms with E-state index in [1.54, 1.807) is 11.1 Å². The van der Waals surface area contributed by atoms with Gasteiger partial charge in [-0.25, -0.2) is 4.98 Å². The van der Waals surface area contributed by atoms with Crippen molar-refractivity contribution >= 4 is 17.4 Å². The topological polar surface area (TPSA) is 62.5 Å². The van der Waals surface area contributed by atoms with Crippen LogP contribution in [0, 0.1) is 0 Å². The standard InChI is InChI=1S/C17H20N4O/c1-20(15-5-3-2-4-6-15)16-8-7-13(11-19-16)17(22)21-10-9-14(18)12-21/h2-8,11,14H,9-10,12,18H2,1H3/t14-/m1/s1. The summed E-state index contributed by atoms with van der Waals surface area (Å²) in [6.45, 7) is 1.36. The predicted octanol–water partition coefficient (Wildman–Crippen LogP) is 2.02. The number of pyridine rings is 1. The Balaban J connectivity index is 1.74. The van der Waals surface area contributed by atoms with Crippen molar-refractivity contribution in [2.24, 2.45) is 5.73 Å². The summed E-state index contributed by atoms with van der Waals surface area (Å²) in [6, 6.07) is 13.8. The number of aromatic nitrogens is 1. The maximum Gasteiger partial charge on any atom is 0.255 e. The van der Waals surface area contributed by atoms with Gasteiger partial charge in [0, 0.05) is 38.1 Å². The van der Waals surface area contributed by atoms with Crippen LogP contribution >= 0.6 is 0 Å². The van der Waals surface area contributed by atoms with Gasteiger partial charge >= 0.3 is 0 Å². The zero-order valence-electron chi connectivity index (χ0n) is 12.6. The number of amides is 1. The van der Waals surface area contributed by atoms with E-state index in [-0.39, 0.29) is 11.9 Å². The molecule has 1 aromatic carbocycles. The van der Waals surface area contributed by atoms with E-state index in [9.17, 15) is 4.79 Å². The summed E-state index contributed by atoms with van der Waals surface area (Å²) in [6.07, 6.45) is 2.51. The van der Waals surface area contributed by atoms with E-state index in [4.69, 9.17) is 5.73 Å². The molecule has 5 heteroatoms. The number of anilines is 2. The molecular weight excluding hydrogens is 276 g/mol. The van der Waals surface area contributed by atoms with Gasteiger partial charge in [-0.1, -0.05) is 18.2 Å². The van der Waals surface area contributed by atoms with Crippen LogP contribution in [0.5, 0.6) is 0 Å². The molecule has 0 bridgehead atoms. The summed E-state index contributed by atoms with van der Waals surface area (Å²) in [5.41, 5.74) is 7.52. The minimum absolute atomic E-state index is 0.00867. The summed E-state index contributed by atoms with van der Waals surface area (Å²) in [4.78, 5) is 20.6. The molecule has 3 rings (SSSR count). The molecule has 0 unspecified atom stereocenters. The zero-order chi connectivity index (χ0) is 15.5. The van der Waals surface area contributed by atoms with Crippen LogP contribution in [0.25, 0.3) is 0 Å². The Morgan fingerprint density at radius 2 is 2.05 bits per heavy atom. The Hall–Kier alpha value is -2.40. The Bertz CT molecular complexity index is 641. The lowest BCUT2D eigenvalue weighted by Crippen LogP contribution is -2.31. The van der Waals surface area contributed by atoms with Crippen LogP contribution in [-0.2, 0) is 0 Å². The minimum Gasteiger partial charge on any atom is -0.337 e. The number of hydrogen-bond acceptors (Lipinski definition) is 4. The van der Waals surface area contributed by atoms with Crippen LogP contribution in [0.1, 0.15) is 16.8 Å². The fraction of sp³-hybridized carbons (Fsp3) is 0.294. The summed E-state index contributed by atoms with van der Waals surface area (Å²) in [5.74, 6) is 0.815. The van der Waals surface area contributed by atoms with Gasteiger partial charge in [-0.3, -0.25) is 4.79 Å². The third kappa shape index (κ3) is 2.94. The summed E-state index contributed by atoms with van der Waals surface area (Å²) in [5, 5.41) is 0. The fourth-order valence-corrected chi connectivity index (χ4v) is 2.65. The summed E-state index contributed by atoms with van der Waals surface area (Å²) < 4.78 is 0. The first-order valence-electron chi connectivity index (χ1n) is 7.45. The van der Waals surface area contributed by atoms with Crippen LogP contribution in [-0.4, -0.2) is 42.0 Å². The second-order valence-corrected chi connectivity index (χ2v) is 5.60. The number of benzene rings is 1. The van der Waals surface area contributed by atoms with E-state index in [0.717, 1.165) is 24.5 Å². The quantitative estimate of drug-likeness (QED) is 0.941. The van der Waals surface area contributed by atoms with E-state index >= 15 is 0 Å². The van der Waals surface area contributed by atoms with Crippen molar-refractivity contribution in [3.8, 4) is 0 Å². The maximum absolute atomic E-state index is 12.4. The molecule has 2 N–H and O–H groups in total. The number of carbonyl (C=O) groups excluding carboxylic acids is 1. The number of para-hydroxylation sites is 1. The zero-order valence-corrected chi connectivity index (χ0v) is 12.6. The monoisotopic (exact) mass is 296 g/mol. The molecule has 1 aliphatic heterocycles. The number of nitrogens with two attached hydrogens (primary N) is 1. The van der Waals surface area contributed by atoms with Gasteiger partial charge in [-0.2, -0.15) is 0 Å². The highest BCUT2D eigenvalue weighted by atomic mass is 16.2. The highest BCUT2D eigenvalue weighted by Crippen LogP contribution is 2.21. The van der Waals surface area contributed by atoms with Gasteiger partial charge < -0.3 is 15.5 Å². The maximum atomic E-state index is 12.4. The number of likely N-dealkylation sites (tertiary alicyclic amines) is 1. The molecule has 1 atom stereocenters. The molecule has 0 saturated carbocycles. The van der Waals surface area contributed by atoms with Gasteiger partial charge in [-0.15, -0.1) is 0 Å². The van der Waals surface area contributed by atoms with Crippen molar-refractivity contribution in [2.75, 3.05) is 25.0 Å². The molecule has 1 saturated heterocycles. The Labute approximate surface area is 130 Å². The van der Waals surface area contributed by atoms with Crippen LogP contribution < -0.4 is 10.6 Å². The van der Waals surface area contributed by atoms with Crippen LogP contribution in [0.4, 0.5) is 11.5 Å². The second kappa shape index (κ2) is 6.15. The highest BCUT2D eigenvalue weighted by molar-refractivity contribution is 5.94. The lowest BCUT2D eigenvalue weighted by molar-refractivity contribution is 0.0790. The Morgan fingerprint density at radius 1 is 1.27 bits per heavy atom. The lowest BCUT2D eigenvalue weighted by Gasteiger charge is -2.19. The molecule has 114 valence electrons. The van der Waals surface area contributed by atoms with Crippen molar-refractivity contribution < 1.29 is 4.79 Å². The van der Waals surface area contributed by atoms with Crippen molar-refractivity contribution in [1.82, 2.24) is 9.88 Å². The average Bonchev–Trinajstić information content (AvgIpc) is 3.01. The molecule has 0 spiro atoms. The average molecular weight is 296 g/mol. The van der Waals surface area contributed by atoms with Gasteiger partial charge in [0.25, 0.3) is 5.91 Å². The molecule has 2 aromatic rings. The molecule has 0 aliphatic carbocycles. The van der Waals surface area contributed by atoms with E-state index in [1.807, 2.05) is 54.4 Å². The normalized spacial score (nSPS) is 17.5. The largest absolute Gasteiger partial charge is 0.337 e. The van der Waals surface area contributed by atoms with Gasteiger partial charge in [0.2, 0.25) is 0 Å². The third-order valence-electron chi connectivity index (χ3n) is 3.99. The molecule has 1 fully saturated rings. The lowest BCUT2D eigenvalue weighted by atomic mass is 10.2. The molecule has 1 aliphatic rings. The first kappa shape index (κ1) is 14.5. The van der Waals surface area contributed by atoms with E-state index in [0.29, 0.717) is 12.1 Å². The third-order valence-corrected chi connectivity index (χ3v) is 3.99. The molecule has 2 heterocycles. The first-order chi connectivity index (χ1) is 10.6. The number of nitrogens with zero attached hydrogens (tertiary/aromatic N) is 3. The number of rotatable bonds is 3. The molecule has 22 heavy (non-hydrogen) atoms. The molecule has 5 nitrogen and oxygen atoms in total. The van der Waals surface area contributed by atoms with Crippen LogP contribution in [0.15, 0.2) is 48.7 Å². The van der Waals surface area contributed by atoms with Crippen LogP contribution in [0.3, 0.4) is 0 Å². The molecular formula is C17H20N4O. The molecule has 1 aromatic heterocycles. The fourth-order valence-electron chi connectivity index (χ4n) is 2.65. The minimum atomic E-state index is 0.00867. The number of hydrogen-bond donors (Lipinski definition) is 1. The summed E-state index contributed by atoms with van der Waals surface area (Å²) in [7, 11) is 1.96. The Kier molecular flexibility index (Phi) is 4.06. The van der Waals surface area contributed by atoms with Crippen LogP contribution in [0.2, 0.25) is 0 Å². The van der Waals surface area contributed by atoms with Gasteiger partial charge in [-0.05, 0) is 30.7 Å². The van der Waals surface area contributed by atoms with E-state index in [2.05, 4.69) is 4.98 Å². The number of carbonyl (C=O) groups is 1. The SMILES string of the molecule is CN(c1ccccc1)c1ccc(C(=O)N2CC[C@@H](N)C2)cn1. The second-order valence-electron chi connectivity index (χ2n) is 5.60. The summed E-state index contributed by atoms with van der Waals surface area (Å²) >= 11 is 0. The van der Waals surface area contributed by atoms with Gasteiger partial charge in [0.15, 0.2) is 0 Å². The van der Waals surface area contributed by atoms with Crippen molar-refractivity contribution in [3.05, 3.63) is 54.2 Å². The molecule has 0 radical (unpaired) electrons. The molecule has 1 amide bonds. The van der Waals surface area contributed by atoms with Gasteiger partial charge in [0.1, 0.15) is 5.82 Å². The van der Waals surface area contributed by atoms with E-state index in [1.165, 1.54) is 0 Å². The van der Waals surface area contributed by atoms with Crippen molar-refractivity contribution in [3.63, 3.8) is 0 Å². The highest BCUT2D eigenvalue weighted by Gasteiger charge is 2.24. The Morgan fingerprint density at radius 3 is 2.64 bits per heavy atom. The van der Waals surface area contributed by atoms with Crippen molar-refractivity contribution in [2.45, 2.75) is 12.5 Å².